The molecular formula is C37H7F6N9. The van der Waals surface area contributed by atoms with Gasteiger partial charge >= 0.3 is 12.4 Å². The Morgan fingerprint density at radius 1 is 0.462 bits per heavy atom. The molecule has 3 aromatic carbocycles. The normalized spacial score (nSPS) is 12.8. The van der Waals surface area contributed by atoms with Gasteiger partial charge in [0.2, 0.25) is 0 Å². The van der Waals surface area contributed by atoms with E-state index in [-0.39, 0.29) is 50.1 Å². The molecule has 0 aromatic heterocycles. The van der Waals surface area contributed by atoms with Gasteiger partial charge in [0.1, 0.15) is 53.6 Å². The molecule has 0 saturated heterocycles. The van der Waals surface area contributed by atoms with Crippen LogP contribution in [0.2, 0.25) is 0 Å². The molecule has 0 atom stereocenters. The lowest BCUT2D eigenvalue weighted by atomic mass is 9.85. The Bertz CT molecular complexity index is 2710. The molecule has 0 amide bonds. The first-order valence-corrected chi connectivity index (χ1v) is 13.9. The topological polar surface area (TPSA) is 214 Å². The summed E-state index contributed by atoms with van der Waals surface area (Å²) in [6.45, 7) is 0. The summed E-state index contributed by atoms with van der Waals surface area (Å²) in [6, 6.07) is 20.5. The van der Waals surface area contributed by atoms with E-state index in [4.69, 9.17) is 0 Å². The van der Waals surface area contributed by atoms with Gasteiger partial charge in [-0.05, 0) is 47.0 Å². The second-order valence-corrected chi connectivity index (χ2v) is 10.6. The Morgan fingerprint density at radius 3 is 1.29 bits per heavy atom. The number of rotatable bonds is 2. The van der Waals surface area contributed by atoms with E-state index in [9.17, 15) is 73.7 Å². The summed E-state index contributed by atoms with van der Waals surface area (Å²) < 4.78 is 81.9. The maximum absolute atomic E-state index is 13.7. The third-order valence-corrected chi connectivity index (χ3v) is 8.12. The van der Waals surface area contributed by atoms with Crippen molar-refractivity contribution in [3.05, 3.63) is 115 Å². The lowest BCUT2D eigenvalue weighted by molar-refractivity contribution is -0.138. The summed E-state index contributed by atoms with van der Waals surface area (Å²) in [5.74, 6) is 0. The van der Waals surface area contributed by atoms with E-state index in [1.54, 1.807) is 24.3 Å². The van der Waals surface area contributed by atoms with E-state index >= 15 is 0 Å². The summed E-state index contributed by atoms with van der Waals surface area (Å²) in [4.78, 5) is 0. The molecule has 2 aliphatic rings. The zero-order valence-electron chi connectivity index (χ0n) is 25.3. The van der Waals surface area contributed by atoms with Gasteiger partial charge in [0.05, 0.1) is 51.1 Å². The van der Waals surface area contributed by atoms with Crippen molar-refractivity contribution in [3.63, 3.8) is 0 Å². The van der Waals surface area contributed by atoms with Crippen molar-refractivity contribution in [1.82, 2.24) is 0 Å². The van der Waals surface area contributed by atoms with E-state index in [0.29, 0.717) is 12.1 Å². The smallest absolute Gasteiger partial charge is 0.192 e. The van der Waals surface area contributed by atoms with Gasteiger partial charge in [-0.15, -0.1) is 0 Å². The highest BCUT2D eigenvalue weighted by molar-refractivity contribution is 6.31. The van der Waals surface area contributed by atoms with Crippen LogP contribution in [0.25, 0.3) is 33.4 Å². The number of allylic oxidation sites excluding steroid dienone is 8. The Morgan fingerprint density at radius 2 is 0.904 bits per heavy atom. The summed E-state index contributed by atoms with van der Waals surface area (Å²) >= 11 is 0. The number of hydrogen-bond acceptors (Lipinski definition) is 9. The van der Waals surface area contributed by atoms with Crippen LogP contribution in [0.5, 0.6) is 0 Å². The summed E-state index contributed by atoms with van der Waals surface area (Å²) in [7, 11) is 0. The average Bonchev–Trinajstić information content (AvgIpc) is 3.63. The van der Waals surface area contributed by atoms with Crippen LogP contribution in [0.1, 0.15) is 61.2 Å². The SMILES string of the molecule is N#CC(C#N)=C1C(c2ccc(C(F)(F)F)c(C#N)c2)=C(C#N)c2c1cc1c(c2C#N)C(=C(C#N)C#N)C(c2ccc(C(F)(F)F)c(C#N)c2)=C1C#N. The molecule has 2 aliphatic carbocycles. The molecule has 0 fully saturated rings. The minimum Gasteiger partial charge on any atom is -0.192 e. The van der Waals surface area contributed by atoms with Crippen molar-refractivity contribution >= 4 is 33.4 Å². The Kier molecular flexibility index (Phi) is 8.44. The van der Waals surface area contributed by atoms with Gasteiger partial charge < -0.3 is 0 Å². The van der Waals surface area contributed by atoms with Crippen molar-refractivity contribution in [2.75, 3.05) is 0 Å². The number of alkyl halides is 6. The molecule has 0 spiro atoms. The first kappa shape index (κ1) is 34.9. The molecule has 242 valence electrons. The zero-order valence-corrected chi connectivity index (χ0v) is 25.3. The largest absolute Gasteiger partial charge is 0.417 e. The van der Waals surface area contributed by atoms with Crippen LogP contribution in [-0.4, -0.2) is 0 Å². The maximum Gasteiger partial charge on any atom is 0.417 e. The molecule has 52 heavy (non-hydrogen) atoms. The second-order valence-electron chi connectivity index (χ2n) is 10.6. The standard InChI is InChI=1S/C37H7F6N9/c38-36(39,40)28-3-1-17(5-19(28)8-44)30-25(14-50)23-7-24-32(21(10-46)11-47)31(18-2-4-29(37(41,42)43)20(6-18)9-45)26(15-51)34(24)27(16-52)35(23)33(30)22(12-48)13-49/h1-7H. The fraction of sp³-hybridized carbons (Fsp3) is 0.0541. The third-order valence-electron chi connectivity index (χ3n) is 8.12. The monoisotopic (exact) mass is 691 g/mol. The highest BCUT2D eigenvalue weighted by Crippen LogP contribution is 2.56. The van der Waals surface area contributed by atoms with E-state index < -0.39 is 68.0 Å². The molecule has 0 radical (unpaired) electrons. The van der Waals surface area contributed by atoms with Gasteiger partial charge in [-0.1, -0.05) is 12.1 Å². The van der Waals surface area contributed by atoms with Crippen LogP contribution in [0.15, 0.2) is 53.6 Å². The molecule has 5 rings (SSSR count). The summed E-state index contributed by atoms with van der Waals surface area (Å²) in [5.41, 5.74) is -10.2. The first-order chi connectivity index (χ1) is 24.7. The molecular weight excluding hydrogens is 684 g/mol. The fourth-order valence-corrected chi connectivity index (χ4v) is 6.15. The molecule has 0 saturated carbocycles. The molecule has 0 heterocycles. The number of fused-ring (bicyclic) bond motifs is 2. The number of benzene rings is 3. The Hall–Kier alpha value is -8.39. The van der Waals surface area contributed by atoms with Crippen LogP contribution in [0.3, 0.4) is 0 Å². The third kappa shape index (κ3) is 5.13. The first-order valence-electron chi connectivity index (χ1n) is 13.9. The highest BCUT2D eigenvalue weighted by Gasteiger charge is 2.42. The van der Waals surface area contributed by atoms with Crippen LogP contribution >= 0.6 is 0 Å². The predicted molar refractivity (Wildman–Crippen MR) is 165 cm³/mol. The molecule has 0 aliphatic heterocycles. The van der Waals surface area contributed by atoms with Crippen molar-refractivity contribution in [1.29, 1.82) is 47.4 Å². The molecule has 0 bridgehead atoms. The van der Waals surface area contributed by atoms with Crippen LogP contribution in [0, 0.1) is 102 Å². The van der Waals surface area contributed by atoms with Gasteiger partial charge in [0.15, 0.2) is 0 Å². The number of nitrogens with zero attached hydrogens (tertiary/aromatic N) is 9. The average molecular weight is 692 g/mol. The lowest BCUT2D eigenvalue weighted by Gasteiger charge is -2.14. The number of nitriles is 9. The zero-order chi connectivity index (χ0) is 38.3. The van der Waals surface area contributed by atoms with Gasteiger partial charge in [0, 0.05) is 39.0 Å². The number of hydrogen-bond donors (Lipinski definition) is 0. The minimum atomic E-state index is -4.96. The van der Waals surface area contributed by atoms with E-state index in [0.717, 1.165) is 30.3 Å². The fourth-order valence-electron chi connectivity index (χ4n) is 6.15. The predicted octanol–water partition coefficient (Wildman–Crippen LogP) is 7.84. The van der Waals surface area contributed by atoms with Gasteiger partial charge in [-0.3, -0.25) is 0 Å². The van der Waals surface area contributed by atoms with Gasteiger partial charge in [-0.2, -0.15) is 73.7 Å². The van der Waals surface area contributed by atoms with E-state index in [1.165, 1.54) is 12.1 Å². The molecule has 9 nitrogen and oxygen atoms in total. The summed E-state index contributed by atoms with van der Waals surface area (Å²) in [6.07, 6.45) is -9.93. The van der Waals surface area contributed by atoms with Crippen LogP contribution in [-0.2, 0) is 12.4 Å². The van der Waals surface area contributed by atoms with Gasteiger partial charge in [-0.25, -0.2) is 0 Å². The maximum atomic E-state index is 13.7. The van der Waals surface area contributed by atoms with Crippen molar-refractivity contribution in [3.8, 4) is 54.6 Å². The number of halogens is 6. The Labute approximate surface area is 288 Å². The van der Waals surface area contributed by atoms with E-state index in [1.807, 2.05) is 18.2 Å². The second kappa shape index (κ2) is 12.6. The molecule has 15 heteroatoms. The lowest BCUT2D eigenvalue weighted by Crippen LogP contribution is -2.08. The molecule has 0 N–H and O–H groups in total. The van der Waals surface area contributed by atoms with Gasteiger partial charge in [0.25, 0.3) is 0 Å². The van der Waals surface area contributed by atoms with Crippen molar-refractivity contribution in [2.45, 2.75) is 12.4 Å². The minimum absolute atomic E-state index is 0.215. The Balaban J connectivity index is 1.98. The van der Waals surface area contributed by atoms with Crippen molar-refractivity contribution < 1.29 is 26.3 Å². The highest BCUT2D eigenvalue weighted by atomic mass is 19.4. The van der Waals surface area contributed by atoms with Crippen LogP contribution < -0.4 is 0 Å². The molecule has 3 aromatic rings. The summed E-state index contributed by atoms with van der Waals surface area (Å²) in [5, 5.41) is 90.4. The van der Waals surface area contributed by atoms with E-state index in [2.05, 4.69) is 0 Å². The molecule has 0 unspecified atom stereocenters. The van der Waals surface area contributed by atoms with Crippen LogP contribution in [0.4, 0.5) is 26.3 Å². The van der Waals surface area contributed by atoms with Crippen molar-refractivity contribution in [2.24, 2.45) is 0 Å². The quantitative estimate of drug-likeness (QED) is 0.189.